The van der Waals surface area contributed by atoms with E-state index in [0.29, 0.717) is 17.4 Å². The Morgan fingerprint density at radius 1 is 1.34 bits per heavy atom. The molecule has 2 heterocycles. The molecule has 1 fully saturated rings. The van der Waals surface area contributed by atoms with Crippen LogP contribution in [0.5, 0.6) is 0 Å². The van der Waals surface area contributed by atoms with Gasteiger partial charge in [0.2, 0.25) is 0 Å². The second kappa shape index (κ2) is 8.29. The monoisotopic (exact) mass is 405 g/mol. The minimum absolute atomic E-state index is 0.0990. The van der Waals surface area contributed by atoms with Crippen LogP contribution in [0.3, 0.4) is 0 Å². The van der Waals surface area contributed by atoms with Crippen molar-refractivity contribution in [1.82, 2.24) is 4.98 Å². The molecule has 2 atom stereocenters. The second-order valence-corrected chi connectivity index (χ2v) is 6.16. The first-order chi connectivity index (χ1) is 13.8. The predicted molar refractivity (Wildman–Crippen MR) is 98.3 cm³/mol. The van der Waals surface area contributed by atoms with E-state index in [1.165, 1.54) is 24.3 Å². The number of aliphatic hydroxyl groups excluding tert-OH is 1. The van der Waals surface area contributed by atoms with E-state index in [0.717, 1.165) is 11.1 Å². The number of anilines is 2. The van der Waals surface area contributed by atoms with E-state index < -0.39 is 41.3 Å². The number of carbonyl (C=O) groups excluding carboxylic acids is 2. The van der Waals surface area contributed by atoms with Crippen LogP contribution in [0.2, 0.25) is 0 Å². The summed E-state index contributed by atoms with van der Waals surface area (Å²) in [7, 11) is 0. The molecular formula is C18H17F2N5O4. The highest BCUT2D eigenvalue weighted by molar-refractivity contribution is 6.04. The summed E-state index contributed by atoms with van der Waals surface area (Å²) in [6, 6.07) is 5.91. The summed E-state index contributed by atoms with van der Waals surface area (Å²) in [5.41, 5.74) is 5.67. The minimum atomic E-state index is -1.90. The number of rotatable bonds is 5. The number of hydrogen-bond donors (Lipinski definition) is 4. The first kappa shape index (κ1) is 20.3. The van der Waals surface area contributed by atoms with Crippen molar-refractivity contribution < 1.29 is 28.2 Å². The fourth-order valence-electron chi connectivity index (χ4n) is 2.76. The average Bonchev–Trinajstić information content (AvgIpc) is 2.70. The third kappa shape index (κ3) is 4.20. The maximum Gasteiger partial charge on any atom is 0.259 e. The van der Waals surface area contributed by atoms with Gasteiger partial charge in [0.05, 0.1) is 19.0 Å². The zero-order chi connectivity index (χ0) is 21.1. The van der Waals surface area contributed by atoms with E-state index in [1.807, 2.05) is 0 Å². The number of carbonyl (C=O) groups is 2. The molecule has 1 aliphatic heterocycles. The Bertz CT molecular complexity index is 954. The van der Waals surface area contributed by atoms with Crippen molar-refractivity contribution >= 4 is 29.0 Å². The molecule has 0 aliphatic carbocycles. The highest BCUT2D eigenvalue weighted by Crippen LogP contribution is 2.24. The number of pyridine rings is 1. The van der Waals surface area contributed by atoms with Gasteiger partial charge in [-0.15, -0.1) is 0 Å². The Hall–Kier alpha value is -3.44. The van der Waals surface area contributed by atoms with Crippen LogP contribution in [0.15, 0.2) is 36.7 Å². The van der Waals surface area contributed by atoms with Gasteiger partial charge < -0.3 is 25.8 Å². The van der Waals surface area contributed by atoms with Gasteiger partial charge in [-0.1, -0.05) is 0 Å². The van der Waals surface area contributed by atoms with Gasteiger partial charge >= 0.3 is 0 Å². The smallest absolute Gasteiger partial charge is 0.259 e. The number of nitrogens with two attached hydrogens (primary N) is 1. The SMILES string of the molecule is N=C(N)c1ccc(NC(=O)[C@H](O)[C@H]2OCCN(c3cncc(F)c3F)C2=O)cc1. The Kier molecular flexibility index (Phi) is 5.80. The summed E-state index contributed by atoms with van der Waals surface area (Å²) in [4.78, 5) is 29.3. The van der Waals surface area contributed by atoms with E-state index in [4.69, 9.17) is 15.9 Å². The summed E-state index contributed by atoms with van der Waals surface area (Å²) >= 11 is 0. The zero-order valence-corrected chi connectivity index (χ0v) is 14.9. The molecular weight excluding hydrogens is 388 g/mol. The van der Waals surface area contributed by atoms with E-state index in [2.05, 4.69) is 10.3 Å². The number of nitrogens with zero attached hydrogens (tertiary/aromatic N) is 2. The summed E-state index contributed by atoms with van der Waals surface area (Å²) in [6.45, 7) is -0.206. The minimum Gasteiger partial charge on any atom is -0.384 e. The number of benzene rings is 1. The lowest BCUT2D eigenvalue weighted by Crippen LogP contribution is -2.55. The first-order valence-electron chi connectivity index (χ1n) is 8.45. The molecule has 2 amide bonds. The maximum atomic E-state index is 14.0. The largest absolute Gasteiger partial charge is 0.384 e. The van der Waals surface area contributed by atoms with Crippen LogP contribution in [0.1, 0.15) is 5.56 Å². The van der Waals surface area contributed by atoms with Crippen molar-refractivity contribution in [3.05, 3.63) is 53.9 Å². The summed E-state index contributed by atoms with van der Waals surface area (Å²) in [5.74, 6) is -4.48. The van der Waals surface area contributed by atoms with Gasteiger partial charge in [-0.3, -0.25) is 20.0 Å². The number of ether oxygens (including phenoxy) is 1. The predicted octanol–water partition coefficient (Wildman–Crippen LogP) is 0.375. The Labute approximate surface area is 163 Å². The molecule has 0 radical (unpaired) electrons. The quantitative estimate of drug-likeness (QED) is 0.418. The molecule has 1 aromatic heterocycles. The molecule has 29 heavy (non-hydrogen) atoms. The van der Waals surface area contributed by atoms with Gasteiger partial charge in [-0.25, -0.2) is 8.78 Å². The standard InChI is InChI=1S/C18H17F2N5O4/c19-11-7-23-8-12(13(11)20)25-5-6-29-15(18(25)28)14(26)17(27)24-10-3-1-9(2-4-10)16(21)22/h1-4,7-8,14-15,26H,5-6H2,(H3,21,22)(H,24,27)/t14-,15-/m1/s1. The third-order valence-corrected chi connectivity index (χ3v) is 4.25. The van der Waals surface area contributed by atoms with Crippen molar-refractivity contribution in [3.8, 4) is 0 Å². The fourth-order valence-corrected chi connectivity index (χ4v) is 2.76. The van der Waals surface area contributed by atoms with Crippen molar-refractivity contribution in [2.24, 2.45) is 5.73 Å². The third-order valence-electron chi connectivity index (χ3n) is 4.25. The van der Waals surface area contributed by atoms with E-state index >= 15 is 0 Å². The molecule has 9 nitrogen and oxygen atoms in total. The van der Waals surface area contributed by atoms with Crippen LogP contribution in [-0.4, -0.2) is 53.1 Å². The number of halogens is 2. The Morgan fingerprint density at radius 3 is 2.69 bits per heavy atom. The van der Waals surface area contributed by atoms with E-state index in [-0.39, 0.29) is 19.0 Å². The molecule has 1 saturated heterocycles. The van der Waals surface area contributed by atoms with Crippen LogP contribution in [0.4, 0.5) is 20.2 Å². The number of aliphatic hydroxyl groups is 1. The highest BCUT2D eigenvalue weighted by Gasteiger charge is 2.40. The van der Waals surface area contributed by atoms with Gasteiger partial charge in [-0.2, -0.15) is 0 Å². The summed E-state index contributed by atoms with van der Waals surface area (Å²) < 4.78 is 32.6. The van der Waals surface area contributed by atoms with Crippen LogP contribution < -0.4 is 16.0 Å². The first-order valence-corrected chi connectivity index (χ1v) is 8.45. The molecule has 152 valence electrons. The number of amides is 2. The fraction of sp³-hybridized carbons (Fsp3) is 0.222. The van der Waals surface area contributed by atoms with Crippen LogP contribution in [0, 0.1) is 17.0 Å². The summed E-state index contributed by atoms with van der Waals surface area (Å²) in [5, 5.41) is 20.0. The molecule has 1 aromatic carbocycles. The van der Waals surface area contributed by atoms with E-state index in [1.54, 1.807) is 0 Å². The number of nitrogen functional groups attached to an aromatic ring is 1. The Morgan fingerprint density at radius 2 is 2.03 bits per heavy atom. The van der Waals surface area contributed by atoms with Crippen molar-refractivity contribution in [2.45, 2.75) is 12.2 Å². The van der Waals surface area contributed by atoms with Gasteiger partial charge in [0.25, 0.3) is 11.8 Å². The molecule has 1 aliphatic rings. The van der Waals surface area contributed by atoms with Gasteiger partial charge in [0.1, 0.15) is 11.5 Å². The van der Waals surface area contributed by atoms with Gasteiger partial charge in [0.15, 0.2) is 23.8 Å². The molecule has 0 saturated carbocycles. The summed E-state index contributed by atoms with van der Waals surface area (Å²) in [6.07, 6.45) is -1.87. The molecule has 5 N–H and O–H groups in total. The molecule has 0 spiro atoms. The number of morpholine rings is 1. The average molecular weight is 405 g/mol. The topological polar surface area (TPSA) is 142 Å². The number of aromatic nitrogens is 1. The van der Waals surface area contributed by atoms with Crippen molar-refractivity contribution in [2.75, 3.05) is 23.4 Å². The lowest BCUT2D eigenvalue weighted by atomic mass is 10.1. The maximum absolute atomic E-state index is 14.0. The normalized spacial score (nSPS) is 17.7. The number of hydrogen-bond acceptors (Lipinski definition) is 6. The molecule has 2 aromatic rings. The molecule has 11 heteroatoms. The van der Waals surface area contributed by atoms with Crippen molar-refractivity contribution in [1.29, 1.82) is 5.41 Å². The Balaban J connectivity index is 1.73. The van der Waals surface area contributed by atoms with E-state index in [9.17, 15) is 23.5 Å². The second-order valence-electron chi connectivity index (χ2n) is 6.16. The van der Waals surface area contributed by atoms with Gasteiger partial charge in [0, 0.05) is 17.8 Å². The van der Waals surface area contributed by atoms with Crippen LogP contribution in [-0.2, 0) is 14.3 Å². The number of nitrogens with one attached hydrogen (secondary N) is 2. The van der Waals surface area contributed by atoms with Gasteiger partial charge in [-0.05, 0) is 24.3 Å². The number of amidine groups is 1. The molecule has 0 bridgehead atoms. The zero-order valence-electron chi connectivity index (χ0n) is 14.9. The lowest BCUT2D eigenvalue weighted by molar-refractivity contribution is -0.150. The van der Waals surface area contributed by atoms with Crippen LogP contribution >= 0.6 is 0 Å². The highest BCUT2D eigenvalue weighted by atomic mass is 19.2. The molecule has 0 unspecified atom stereocenters. The van der Waals surface area contributed by atoms with Crippen molar-refractivity contribution in [3.63, 3.8) is 0 Å². The molecule has 3 rings (SSSR count). The van der Waals surface area contributed by atoms with Crippen LogP contribution in [0.25, 0.3) is 0 Å². The lowest BCUT2D eigenvalue weighted by Gasteiger charge is -2.34.